The monoisotopic (exact) mass is 429 g/mol. The number of benzene rings is 1. The maximum absolute atomic E-state index is 13.0. The highest BCUT2D eigenvalue weighted by molar-refractivity contribution is 6.30. The standard InChI is InChI=1S/C21H24ClN5O3/c1-2-14-8-3-4-9-27(14)21-25-18-17(20(30)26-21)15(11-16(28)24-18)19(29)23-13-7-5-6-12(22)10-13/h5-7,10,14-15H,2-4,8-9,11H2,1H3,(H,23,29)(H2,24,25,26,28,30)/t14-,15+/m0/s1. The highest BCUT2D eigenvalue weighted by Gasteiger charge is 2.35. The summed E-state index contributed by atoms with van der Waals surface area (Å²) in [5, 5.41) is 5.89. The summed E-state index contributed by atoms with van der Waals surface area (Å²) in [6.07, 6.45) is 4.03. The third kappa shape index (κ3) is 4.05. The van der Waals surface area contributed by atoms with E-state index in [0.717, 1.165) is 32.2 Å². The minimum absolute atomic E-state index is 0.120. The van der Waals surface area contributed by atoms with Crippen LogP contribution in [-0.2, 0) is 9.59 Å². The molecule has 9 heteroatoms. The first-order valence-electron chi connectivity index (χ1n) is 10.2. The molecule has 3 N–H and O–H groups in total. The average molecular weight is 430 g/mol. The zero-order chi connectivity index (χ0) is 21.3. The van der Waals surface area contributed by atoms with Gasteiger partial charge < -0.3 is 15.5 Å². The molecule has 2 aliphatic rings. The SMILES string of the molecule is CC[C@H]1CCCCN1c1nc2c(c(=O)[nH]1)[C@H](C(=O)Nc1cccc(Cl)c1)CC(=O)N2. The largest absolute Gasteiger partial charge is 0.339 e. The van der Waals surface area contributed by atoms with Crippen LogP contribution in [0.1, 0.15) is 50.5 Å². The number of nitrogens with one attached hydrogen (secondary N) is 3. The number of carbonyl (C=O) groups excluding carboxylic acids is 2. The number of nitrogens with zero attached hydrogens (tertiary/aromatic N) is 2. The number of hydrogen-bond donors (Lipinski definition) is 3. The van der Waals surface area contributed by atoms with Crippen molar-refractivity contribution in [3.8, 4) is 0 Å². The topological polar surface area (TPSA) is 107 Å². The molecule has 30 heavy (non-hydrogen) atoms. The molecule has 4 rings (SSSR count). The number of H-pyrrole nitrogens is 1. The number of rotatable bonds is 4. The number of carbonyl (C=O) groups is 2. The van der Waals surface area contributed by atoms with E-state index in [0.29, 0.717) is 22.7 Å². The van der Waals surface area contributed by atoms with Gasteiger partial charge in [0.25, 0.3) is 5.56 Å². The van der Waals surface area contributed by atoms with E-state index in [4.69, 9.17) is 11.6 Å². The first kappa shape index (κ1) is 20.4. The van der Waals surface area contributed by atoms with Gasteiger partial charge in [-0.1, -0.05) is 24.6 Å². The molecular weight excluding hydrogens is 406 g/mol. The maximum atomic E-state index is 13.0. The molecule has 8 nitrogen and oxygen atoms in total. The van der Waals surface area contributed by atoms with E-state index < -0.39 is 17.4 Å². The van der Waals surface area contributed by atoms with Gasteiger partial charge in [-0.3, -0.25) is 19.4 Å². The van der Waals surface area contributed by atoms with Crippen molar-refractivity contribution in [2.75, 3.05) is 22.1 Å². The molecule has 0 spiro atoms. The molecule has 0 bridgehead atoms. The normalized spacial score (nSPS) is 21.0. The maximum Gasteiger partial charge on any atom is 0.258 e. The van der Waals surface area contributed by atoms with Crippen LogP contribution in [0.3, 0.4) is 0 Å². The summed E-state index contributed by atoms with van der Waals surface area (Å²) < 4.78 is 0. The number of anilines is 3. The number of fused-ring (bicyclic) bond motifs is 1. The Kier molecular flexibility index (Phi) is 5.76. The Balaban J connectivity index is 1.66. The van der Waals surface area contributed by atoms with E-state index in [1.54, 1.807) is 24.3 Å². The van der Waals surface area contributed by atoms with Crippen LogP contribution in [0, 0.1) is 0 Å². The fourth-order valence-corrected chi connectivity index (χ4v) is 4.41. The molecule has 1 fully saturated rings. The van der Waals surface area contributed by atoms with Crippen molar-refractivity contribution in [3.63, 3.8) is 0 Å². The molecule has 1 aromatic carbocycles. The molecule has 1 aromatic heterocycles. The van der Waals surface area contributed by atoms with Crippen molar-refractivity contribution in [1.82, 2.24) is 9.97 Å². The van der Waals surface area contributed by atoms with E-state index in [1.807, 2.05) is 0 Å². The van der Waals surface area contributed by atoms with Crippen LogP contribution in [-0.4, -0.2) is 34.4 Å². The van der Waals surface area contributed by atoms with Gasteiger partial charge in [0, 0.05) is 29.7 Å². The minimum Gasteiger partial charge on any atom is -0.339 e. The van der Waals surface area contributed by atoms with E-state index >= 15 is 0 Å². The Labute approximate surface area is 179 Å². The van der Waals surface area contributed by atoms with E-state index in [2.05, 4.69) is 32.4 Å². The number of piperidine rings is 1. The summed E-state index contributed by atoms with van der Waals surface area (Å²) in [4.78, 5) is 47.6. The van der Waals surface area contributed by atoms with Crippen LogP contribution in [0.5, 0.6) is 0 Å². The number of hydrogen-bond acceptors (Lipinski definition) is 5. The van der Waals surface area contributed by atoms with Crippen molar-refractivity contribution in [2.45, 2.75) is 51.0 Å². The van der Waals surface area contributed by atoms with Crippen LogP contribution in [0.2, 0.25) is 5.02 Å². The number of aromatic nitrogens is 2. The fourth-order valence-electron chi connectivity index (χ4n) is 4.22. The van der Waals surface area contributed by atoms with E-state index in [9.17, 15) is 14.4 Å². The van der Waals surface area contributed by atoms with Crippen LogP contribution in [0.15, 0.2) is 29.1 Å². The minimum atomic E-state index is -0.929. The van der Waals surface area contributed by atoms with Gasteiger partial charge in [-0.2, -0.15) is 4.98 Å². The van der Waals surface area contributed by atoms with Gasteiger partial charge in [-0.05, 0) is 43.9 Å². The fraction of sp³-hybridized carbons (Fsp3) is 0.429. The van der Waals surface area contributed by atoms with Gasteiger partial charge >= 0.3 is 0 Å². The molecule has 1 saturated heterocycles. The first-order valence-corrected chi connectivity index (χ1v) is 10.6. The summed E-state index contributed by atoms with van der Waals surface area (Å²) in [5.74, 6) is -1.11. The lowest BCUT2D eigenvalue weighted by Crippen LogP contribution is -2.43. The average Bonchev–Trinajstić information content (AvgIpc) is 2.72. The lowest BCUT2D eigenvalue weighted by molar-refractivity contribution is -0.123. The van der Waals surface area contributed by atoms with Crippen LogP contribution < -0.4 is 21.1 Å². The highest BCUT2D eigenvalue weighted by atomic mass is 35.5. The van der Waals surface area contributed by atoms with Gasteiger partial charge in [0.15, 0.2) is 0 Å². The number of halogens is 1. The Hall–Kier alpha value is -2.87. The molecule has 0 radical (unpaired) electrons. The Bertz CT molecular complexity index is 1040. The first-order chi connectivity index (χ1) is 14.5. The summed E-state index contributed by atoms with van der Waals surface area (Å²) in [7, 11) is 0. The second-order valence-electron chi connectivity index (χ2n) is 7.71. The van der Waals surface area contributed by atoms with Crippen molar-refractivity contribution in [1.29, 1.82) is 0 Å². The smallest absolute Gasteiger partial charge is 0.258 e. The summed E-state index contributed by atoms with van der Waals surface area (Å²) in [5.41, 5.74) is 0.282. The number of amides is 2. The van der Waals surface area contributed by atoms with Gasteiger partial charge in [0.2, 0.25) is 17.8 Å². The zero-order valence-electron chi connectivity index (χ0n) is 16.7. The molecule has 0 aliphatic carbocycles. The van der Waals surface area contributed by atoms with Crippen molar-refractivity contribution < 1.29 is 9.59 Å². The van der Waals surface area contributed by atoms with Crippen LogP contribution >= 0.6 is 11.6 Å². The van der Waals surface area contributed by atoms with Crippen molar-refractivity contribution in [2.24, 2.45) is 0 Å². The van der Waals surface area contributed by atoms with E-state index in [1.165, 1.54) is 0 Å². The Morgan fingerprint density at radius 3 is 2.93 bits per heavy atom. The Morgan fingerprint density at radius 2 is 2.17 bits per heavy atom. The molecule has 2 aromatic rings. The predicted octanol–water partition coefficient (Wildman–Crippen LogP) is 3.26. The van der Waals surface area contributed by atoms with Crippen molar-refractivity contribution >= 4 is 40.9 Å². The summed E-state index contributed by atoms with van der Waals surface area (Å²) in [6.45, 7) is 2.91. The summed E-state index contributed by atoms with van der Waals surface area (Å²) >= 11 is 5.97. The molecule has 2 amide bonds. The highest BCUT2D eigenvalue weighted by Crippen LogP contribution is 2.32. The lowest BCUT2D eigenvalue weighted by Gasteiger charge is -2.36. The van der Waals surface area contributed by atoms with E-state index in [-0.39, 0.29) is 23.7 Å². The molecule has 0 unspecified atom stereocenters. The molecule has 0 saturated carbocycles. The predicted molar refractivity (Wildman–Crippen MR) is 116 cm³/mol. The quantitative estimate of drug-likeness (QED) is 0.691. The van der Waals surface area contributed by atoms with Crippen molar-refractivity contribution in [3.05, 3.63) is 45.2 Å². The van der Waals surface area contributed by atoms with Crippen LogP contribution in [0.4, 0.5) is 17.5 Å². The third-order valence-electron chi connectivity index (χ3n) is 5.72. The lowest BCUT2D eigenvalue weighted by atomic mass is 9.92. The third-order valence-corrected chi connectivity index (χ3v) is 5.95. The van der Waals surface area contributed by atoms with Gasteiger partial charge in [0.05, 0.1) is 11.5 Å². The summed E-state index contributed by atoms with van der Waals surface area (Å²) in [6, 6.07) is 7.00. The van der Waals surface area contributed by atoms with Gasteiger partial charge in [-0.25, -0.2) is 0 Å². The van der Waals surface area contributed by atoms with Gasteiger partial charge in [0.1, 0.15) is 5.82 Å². The molecule has 158 valence electrons. The van der Waals surface area contributed by atoms with Gasteiger partial charge in [-0.15, -0.1) is 0 Å². The second kappa shape index (κ2) is 8.47. The Morgan fingerprint density at radius 1 is 1.33 bits per heavy atom. The molecule has 3 heterocycles. The molecule has 2 aliphatic heterocycles. The number of aromatic amines is 1. The van der Waals surface area contributed by atoms with Crippen LogP contribution in [0.25, 0.3) is 0 Å². The molecular formula is C21H24ClN5O3. The molecule has 2 atom stereocenters. The second-order valence-corrected chi connectivity index (χ2v) is 8.14. The zero-order valence-corrected chi connectivity index (χ0v) is 17.5.